The van der Waals surface area contributed by atoms with Gasteiger partial charge in [0, 0.05) is 17.8 Å². The Morgan fingerprint density at radius 1 is 1.22 bits per heavy atom. The molecule has 1 aromatic heterocycles. The van der Waals surface area contributed by atoms with Crippen LogP contribution < -0.4 is 15.1 Å². The molecular formula is C20H21N3O3S. The molecule has 0 radical (unpaired) electrons. The Bertz CT molecular complexity index is 941. The van der Waals surface area contributed by atoms with E-state index in [0.717, 1.165) is 28.6 Å². The number of nitrogens with zero attached hydrogens (tertiary/aromatic N) is 2. The number of hydrogen-bond donors (Lipinski definition) is 1. The van der Waals surface area contributed by atoms with Crippen molar-refractivity contribution in [2.45, 2.75) is 37.5 Å². The first-order chi connectivity index (χ1) is 13.0. The molecule has 1 atom stereocenters. The highest BCUT2D eigenvalue weighted by Gasteiger charge is 2.28. The molecular weight excluding hydrogens is 362 g/mol. The number of rotatable bonds is 6. The summed E-state index contributed by atoms with van der Waals surface area (Å²) >= 11 is 1.16. The fourth-order valence-electron chi connectivity index (χ4n) is 2.63. The molecule has 0 saturated heterocycles. The second-order valence-corrected chi connectivity index (χ2v) is 7.36. The van der Waals surface area contributed by atoms with Crippen molar-refractivity contribution in [3.63, 3.8) is 0 Å². The van der Waals surface area contributed by atoms with Gasteiger partial charge < -0.3 is 14.9 Å². The van der Waals surface area contributed by atoms with E-state index >= 15 is 0 Å². The number of anilines is 1. The average Bonchev–Trinajstić information content (AvgIpc) is 3.04. The molecule has 3 aromatic rings. The summed E-state index contributed by atoms with van der Waals surface area (Å²) in [4.78, 5) is 12.8. The summed E-state index contributed by atoms with van der Waals surface area (Å²) in [7, 11) is 0. The number of para-hydroxylation sites is 1. The van der Waals surface area contributed by atoms with E-state index in [4.69, 9.17) is 4.52 Å². The number of benzene rings is 2. The fourth-order valence-corrected chi connectivity index (χ4v) is 3.60. The van der Waals surface area contributed by atoms with Gasteiger partial charge in [-0.3, -0.25) is 4.79 Å². The topological polar surface area (TPSA) is 82.1 Å². The first-order valence-corrected chi connectivity index (χ1v) is 9.57. The lowest BCUT2D eigenvalue weighted by atomic mass is 10.1. The summed E-state index contributed by atoms with van der Waals surface area (Å²) in [5, 5.41) is 18.8. The van der Waals surface area contributed by atoms with Gasteiger partial charge in [0.2, 0.25) is 11.6 Å². The van der Waals surface area contributed by atoms with E-state index in [-0.39, 0.29) is 10.9 Å². The van der Waals surface area contributed by atoms with Crippen molar-refractivity contribution in [1.29, 1.82) is 0 Å². The van der Waals surface area contributed by atoms with E-state index in [9.17, 15) is 9.90 Å². The summed E-state index contributed by atoms with van der Waals surface area (Å²) in [6, 6.07) is 15.0. The van der Waals surface area contributed by atoms with Crippen molar-refractivity contribution in [3.05, 3.63) is 59.7 Å². The number of aryl methyl sites for hydroxylation is 1. The van der Waals surface area contributed by atoms with Gasteiger partial charge in [0.25, 0.3) is 5.03 Å². The highest BCUT2D eigenvalue weighted by atomic mass is 32.2. The van der Waals surface area contributed by atoms with E-state index in [1.54, 1.807) is 0 Å². The van der Waals surface area contributed by atoms with Gasteiger partial charge in [-0.1, -0.05) is 37.3 Å². The highest BCUT2D eigenvalue weighted by Crippen LogP contribution is 2.30. The zero-order valence-electron chi connectivity index (χ0n) is 15.4. The maximum Gasteiger partial charge on any atom is 0.298 e. The third kappa shape index (κ3) is 4.14. The molecule has 0 aliphatic carbocycles. The van der Waals surface area contributed by atoms with Crippen molar-refractivity contribution < 1.29 is 19.1 Å². The molecule has 7 heteroatoms. The molecule has 0 aliphatic heterocycles. The van der Waals surface area contributed by atoms with Crippen molar-refractivity contribution in [2.24, 2.45) is 0 Å². The molecule has 140 valence electrons. The van der Waals surface area contributed by atoms with Gasteiger partial charge in [-0.25, -0.2) is 0 Å². The second kappa shape index (κ2) is 8.26. The van der Waals surface area contributed by atoms with Crippen molar-refractivity contribution in [2.75, 3.05) is 5.32 Å². The van der Waals surface area contributed by atoms with Crippen LogP contribution in [0.15, 0.2) is 58.1 Å². The Morgan fingerprint density at radius 3 is 2.67 bits per heavy atom. The standard InChI is InChI=1S/C20H21N3O3S/c1-4-17(18(24)21-16-12-8-9-13(2)14(16)3)27-19-20(25)26-22-23(19)15-10-6-5-7-11-15/h5-12,17H,4H2,1-3H3,(H-,21,22,24,25). The highest BCUT2D eigenvalue weighted by molar-refractivity contribution is 8.00. The maximum atomic E-state index is 12.8. The Hall–Kier alpha value is -2.80. The molecule has 0 saturated carbocycles. The van der Waals surface area contributed by atoms with Crippen LogP contribution in [0.5, 0.6) is 5.95 Å². The zero-order valence-corrected chi connectivity index (χ0v) is 16.2. The summed E-state index contributed by atoms with van der Waals surface area (Å²) in [6.07, 6.45) is 0.556. The number of hydrogen-bond acceptors (Lipinski definition) is 5. The molecule has 3 rings (SSSR count). The van der Waals surface area contributed by atoms with Crippen LogP contribution in [0.2, 0.25) is 0 Å². The first-order valence-electron chi connectivity index (χ1n) is 8.69. The predicted octanol–water partition coefficient (Wildman–Crippen LogP) is 3.15. The molecule has 1 unspecified atom stereocenters. The zero-order chi connectivity index (χ0) is 19.4. The van der Waals surface area contributed by atoms with Crippen LogP contribution in [0.4, 0.5) is 5.69 Å². The van der Waals surface area contributed by atoms with Gasteiger partial charge >= 0.3 is 0 Å². The minimum Gasteiger partial charge on any atom is -0.538 e. The first kappa shape index (κ1) is 19.0. The van der Waals surface area contributed by atoms with Crippen LogP contribution in [0.3, 0.4) is 0 Å². The molecule has 1 amide bonds. The summed E-state index contributed by atoms with van der Waals surface area (Å²) in [5.74, 6) is -0.710. The van der Waals surface area contributed by atoms with Crippen molar-refractivity contribution >= 4 is 23.4 Å². The van der Waals surface area contributed by atoms with Crippen LogP contribution in [0.1, 0.15) is 24.5 Å². The fraction of sp³-hybridized carbons (Fsp3) is 0.250. The number of thioether (sulfide) groups is 1. The third-order valence-electron chi connectivity index (χ3n) is 4.35. The van der Waals surface area contributed by atoms with Crippen LogP contribution in [0.25, 0.3) is 5.69 Å². The molecule has 1 heterocycles. The SMILES string of the molecule is CCC(Sc1c([O-])on[n+]1-c1ccccc1)C(=O)Nc1cccc(C)c1C. The Morgan fingerprint density at radius 2 is 1.96 bits per heavy atom. The smallest absolute Gasteiger partial charge is 0.298 e. The quantitative estimate of drug-likeness (QED) is 0.522. The number of carbonyl (C=O) groups excluding carboxylic acids is 1. The average molecular weight is 383 g/mol. The monoisotopic (exact) mass is 383 g/mol. The van der Waals surface area contributed by atoms with Gasteiger partial charge in [-0.15, -0.1) is 0 Å². The molecule has 6 nitrogen and oxygen atoms in total. The van der Waals surface area contributed by atoms with Crippen molar-refractivity contribution in [1.82, 2.24) is 5.27 Å². The molecule has 0 fully saturated rings. The van der Waals surface area contributed by atoms with E-state index < -0.39 is 11.2 Å². The van der Waals surface area contributed by atoms with Crippen LogP contribution in [-0.2, 0) is 4.79 Å². The van der Waals surface area contributed by atoms with E-state index in [1.807, 2.05) is 69.3 Å². The van der Waals surface area contributed by atoms with Gasteiger partial charge in [0.15, 0.2) is 5.95 Å². The molecule has 0 aliphatic rings. The maximum absolute atomic E-state index is 12.8. The van der Waals surface area contributed by atoms with Crippen molar-refractivity contribution in [3.8, 4) is 11.6 Å². The Kier molecular flexibility index (Phi) is 5.81. The van der Waals surface area contributed by atoms with E-state index in [1.165, 1.54) is 4.68 Å². The normalized spacial score (nSPS) is 12.0. The largest absolute Gasteiger partial charge is 0.538 e. The second-order valence-electron chi connectivity index (χ2n) is 6.16. The molecule has 1 N–H and O–H groups in total. The van der Waals surface area contributed by atoms with Gasteiger partial charge in [-0.2, -0.15) is 0 Å². The number of nitrogens with one attached hydrogen (secondary N) is 1. The lowest BCUT2D eigenvalue weighted by Crippen LogP contribution is -2.36. The Balaban J connectivity index is 1.82. The number of carbonyl (C=O) groups is 1. The van der Waals surface area contributed by atoms with Crippen LogP contribution in [0, 0.1) is 13.8 Å². The van der Waals surface area contributed by atoms with Gasteiger partial charge in [-0.05, 0) is 53.9 Å². The summed E-state index contributed by atoms with van der Waals surface area (Å²) in [5.41, 5.74) is 3.62. The summed E-state index contributed by atoms with van der Waals surface area (Å²) < 4.78 is 6.26. The minimum absolute atomic E-state index is 0.156. The Labute approximate surface area is 162 Å². The minimum atomic E-state index is -0.554. The van der Waals surface area contributed by atoms with Crippen LogP contribution in [-0.4, -0.2) is 16.4 Å². The van der Waals surface area contributed by atoms with E-state index in [0.29, 0.717) is 12.1 Å². The summed E-state index contributed by atoms with van der Waals surface area (Å²) in [6.45, 7) is 5.88. The lowest BCUT2D eigenvalue weighted by molar-refractivity contribution is -0.705. The number of amides is 1. The number of aromatic nitrogens is 2. The predicted molar refractivity (Wildman–Crippen MR) is 102 cm³/mol. The molecule has 27 heavy (non-hydrogen) atoms. The van der Waals surface area contributed by atoms with Crippen LogP contribution >= 0.6 is 11.8 Å². The van der Waals surface area contributed by atoms with Gasteiger partial charge in [0.1, 0.15) is 0 Å². The van der Waals surface area contributed by atoms with E-state index in [2.05, 4.69) is 10.6 Å². The molecule has 0 bridgehead atoms. The third-order valence-corrected chi connectivity index (χ3v) is 5.75. The molecule has 2 aromatic carbocycles. The molecule has 0 spiro atoms. The van der Waals surface area contributed by atoms with Gasteiger partial charge in [0.05, 0.1) is 10.5 Å². The lowest BCUT2D eigenvalue weighted by Gasteiger charge is -2.15.